The van der Waals surface area contributed by atoms with Crippen LogP contribution in [-0.4, -0.2) is 49.5 Å². The number of hydrogen-bond donors (Lipinski definition) is 1. The Morgan fingerprint density at radius 2 is 1.37 bits per heavy atom. The Kier molecular flexibility index (Phi) is 11.7. The SMILES string of the molecule is CCCC[C@@H](C(=O)C(C#N)=P(c1ccccc1)(c1ccccc1)c1ccccc1)N(C(=O)O)[C@@H](Cc1nnc(-c2ccc(F)cc2)o1)C(C)(C)C. The van der Waals surface area contributed by atoms with E-state index in [2.05, 4.69) is 16.3 Å². The van der Waals surface area contributed by atoms with Gasteiger partial charge in [-0.3, -0.25) is 9.69 Å². The summed E-state index contributed by atoms with van der Waals surface area (Å²) < 4.78 is 19.6. The Hall–Kier alpha value is -5.32. The van der Waals surface area contributed by atoms with Crippen LogP contribution >= 0.6 is 6.89 Å². The highest BCUT2D eigenvalue weighted by Crippen LogP contribution is 2.47. The molecule has 0 aliphatic heterocycles. The van der Waals surface area contributed by atoms with Crippen LogP contribution in [0, 0.1) is 22.6 Å². The average Bonchev–Trinajstić information content (AvgIpc) is 3.61. The number of nitriles is 1. The highest BCUT2D eigenvalue weighted by molar-refractivity contribution is 7.97. The molecule has 8 nitrogen and oxygen atoms in total. The first-order valence-electron chi connectivity index (χ1n) is 17.0. The van der Waals surface area contributed by atoms with Gasteiger partial charge in [-0.1, -0.05) is 132 Å². The van der Waals surface area contributed by atoms with E-state index in [9.17, 15) is 19.6 Å². The van der Waals surface area contributed by atoms with Gasteiger partial charge < -0.3 is 9.52 Å². The summed E-state index contributed by atoms with van der Waals surface area (Å²) in [5.74, 6) is -0.587. The van der Waals surface area contributed by atoms with Crippen LogP contribution in [0.15, 0.2) is 120 Å². The molecule has 10 heteroatoms. The van der Waals surface area contributed by atoms with Crippen molar-refractivity contribution in [3.05, 3.63) is 127 Å². The second-order valence-electron chi connectivity index (χ2n) is 13.4. The Balaban J connectivity index is 1.73. The van der Waals surface area contributed by atoms with Crippen LogP contribution in [0.5, 0.6) is 0 Å². The summed E-state index contributed by atoms with van der Waals surface area (Å²) in [6.07, 6.45) is 0.197. The molecule has 0 fully saturated rings. The molecule has 0 aliphatic carbocycles. The van der Waals surface area contributed by atoms with Gasteiger partial charge in [0.2, 0.25) is 11.8 Å². The summed E-state index contributed by atoms with van der Waals surface area (Å²) in [4.78, 5) is 30.1. The first-order valence-corrected chi connectivity index (χ1v) is 18.8. The standard InChI is InChI=1S/C41H42FN4O4P/c1-5-6-22-34(46(40(48)49)36(41(2,3)4)27-37-44-45-39(50-37)29-23-25-30(42)26-24-29)38(47)35(28-43)51(31-16-10-7-11-17-31,32-18-12-8-13-19-32)33-20-14-9-15-21-33/h7-21,23-26,34,36H,5-6,22,27H2,1-4H3,(H,48,49)/t34-,36-/m0/s1. The lowest BCUT2D eigenvalue weighted by Crippen LogP contribution is -2.57. The van der Waals surface area contributed by atoms with Crippen molar-refractivity contribution >= 4 is 40.0 Å². The summed E-state index contributed by atoms with van der Waals surface area (Å²) in [6.45, 7) is 4.55. The molecule has 0 bridgehead atoms. The molecule has 4 aromatic carbocycles. The predicted octanol–water partition coefficient (Wildman–Crippen LogP) is 7.63. The number of carbonyl (C=O) groups is 2. The van der Waals surface area contributed by atoms with Crippen LogP contribution in [0.3, 0.4) is 0 Å². The van der Waals surface area contributed by atoms with Crippen molar-refractivity contribution in [2.24, 2.45) is 5.41 Å². The zero-order valence-corrected chi connectivity index (χ0v) is 30.1. The molecular weight excluding hydrogens is 662 g/mol. The zero-order valence-electron chi connectivity index (χ0n) is 29.2. The maximum Gasteiger partial charge on any atom is 0.408 e. The minimum Gasteiger partial charge on any atom is -0.465 e. The Labute approximate surface area is 298 Å². The van der Waals surface area contributed by atoms with E-state index in [1.54, 1.807) is 0 Å². The molecule has 0 aliphatic rings. The van der Waals surface area contributed by atoms with E-state index < -0.39 is 42.1 Å². The number of hydrogen-bond acceptors (Lipinski definition) is 6. The zero-order chi connectivity index (χ0) is 36.6. The van der Waals surface area contributed by atoms with E-state index in [1.807, 2.05) is 119 Å². The lowest BCUT2D eigenvalue weighted by Gasteiger charge is -2.42. The molecule has 0 unspecified atom stereocenters. The predicted molar refractivity (Wildman–Crippen MR) is 201 cm³/mol. The lowest BCUT2D eigenvalue weighted by molar-refractivity contribution is -0.119. The van der Waals surface area contributed by atoms with Gasteiger partial charge in [0, 0.05) is 18.0 Å². The molecule has 1 heterocycles. The van der Waals surface area contributed by atoms with Crippen LogP contribution < -0.4 is 15.9 Å². The number of nitrogens with zero attached hydrogens (tertiary/aromatic N) is 4. The van der Waals surface area contributed by atoms with Gasteiger partial charge in [0.1, 0.15) is 17.2 Å². The number of aromatic nitrogens is 2. The fourth-order valence-corrected chi connectivity index (χ4v) is 10.7. The fraction of sp³-hybridized carbons (Fsp3) is 0.268. The van der Waals surface area contributed by atoms with Crippen LogP contribution in [0.4, 0.5) is 9.18 Å². The number of ketones is 1. The van der Waals surface area contributed by atoms with Gasteiger partial charge >= 0.3 is 6.09 Å². The number of benzene rings is 4. The number of unbranched alkanes of at least 4 members (excludes halogenated alkanes) is 1. The van der Waals surface area contributed by atoms with Crippen LogP contribution in [-0.2, 0) is 11.2 Å². The first kappa shape index (κ1) is 36.9. The number of carboxylic acid groups (broad SMARTS) is 1. The van der Waals surface area contributed by atoms with E-state index in [0.29, 0.717) is 18.4 Å². The average molecular weight is 705 g/mol. The quantitative estimate of drug-likeness (QED) is 0.125. The van der Waals surface area contributed by atoms with E-state index in [1.165, 1.54) is 29.2 Å². The van der Waals surface area contributed by atoms with Gasteiger partial charge in [-0.25, -0.2) is 9.18 Å². The third kappa shape index (κ3) is 7.87. The van der Waals surface area contributed by atoms with Gasteiger partial charge in [0.05, 0.1) is 6.04 Å². The summed E-state index contributed by atoms with van der Waals surface area (Å²) in [7, 11) is 0. The third-order valence-electron chi connectivity index (χ3n) is 9.06. The second-order valence-corrected chi connectivity index (χ2v) is 16.8. The van der Waals surface area contributed by atoms with E-state index in [4.69, 9.17) is 4.42 Å². The van der Waals surface area contributed by atoms with Gasteiger partial charge in [-0.15, -0.1) is 10.2 Å². The largest absolute Gasteiger partial charge is 0.465 e. The fourth-order valence-electron chi connectivity index (χ4n) is 6.55. The molecule has 1 N–H and O–H groups in total. The number of Topliss-reactive ketones (excluding diaryl/α,β-unsaturated/α-hetero) is 1. The van der Waals surface area contributed by atoms with Crippen LogP contribution in [0.25, 0.3) is 11.5 Å². The smallest absolute Gasteiger partial charge is 0.408 e. The molecule has 1 amide bonds. The lowest BCUT2D eigenvalue weighted by atomic mass is 9.82. The second kappa shape index (κ2) is 16.1. The van der Waals surface area contributed by atoms with Gasteiger partial charge in [0.25, 0.3) is 0 Å². The maximum atomic E-state index is 15.4. The van der Waals surface area contributed by atoms with Crippen molar-refractivity contribution in [2.75, 3.05) is 0 Å². The number of carbonyl (C=O) groups excluding carboxylic acids is 1. The first-order chi connectivity index (χ1) is 24.5. The number of amides is 1. The molecular formula is C41H42FN4O4P. The highest BCUT2D eigenvalue weighted by Gasteiger charge is 2.44. The molecule has 0 radical (unpaired) electrons. The summed E-state index contributed by atoms with van der Waals surface area (Å²) in [5, 5.41) is 33.0. The van der Waals surface area contributed by atoms with Crippen LogP contribution in [0.1, 0.15) is 52.8 Å². The van der Waals surface area contributed by atoms with E-state index in [0.717, 1.165) is 15.9 Å². The molecule has 262 valence electrons. The van der Waals surface area contributed by atoms with Gasteiger partial charge in [0.15, 0.2) is 5.78 Å². The van der Waals surface area contributed by atoms with Crippen molar-refractivity contribution in [1.82, 2.24) is 15.1 Å². The third-order valence-corrected chi connectivity index (χ3v) is 13.3. The van der Waals surface area contributed by atoms with Crippen molar-refractivity contribution in [3.8, 4) is 17.5 Å². The van der Waals surface area contributed by atoms with E-state index in [-0.39, 0.29) is 29.9 Å². The minimum absolute atomic E-state index is 0.0120. The maximum absolute atomic E-state index is 15.4. The highest BCUT2D eigenvalue weighted by atomic mass is 31.2. The molecule has 1 aromatic heterocycles. The number of halogens is 1. The molecule has 51 heavy (non-hydrogen) atoms. The summed E-state index contributed by atoms with van der Waals surface area (Å²) in [6, 6.07) is 34.7. The normalized spacial score (nSPS) is 12.8. The molecule has 0 saturated heterocycles. The molecule has 5 rings (SSSR count). The molecule has 2 atom stereocenters. The van der Waals surface area contributed by atoms with Crippen molar-refractivity contribution in [3.63, 3.8) is 0 Å². The summed E-state index contributed by atoms with van der Waals surface area (Å²) >= 11 is 0. The Morgan fingerprint density at radius 1 is 0.863 bits per heavy atom. The van der Waals surface area contributed by atoms with Gasteiger partial charge in [-0.2, -0.15) is 5.26 Å². The minimum atomic E-state index is -3.13. The Morgan fingerprint density at radius 3 is 1.80 bits per heavy atom. The topological polar surface area (TPSA) is 120 Å². The molecule has 0 saturated carbocycles. The van der Waals surface area contributed by atoms with E-state index >= 15 is 4.79 Å². The molecule has 5 aromatic rings. The monoisotopic (exact) mass is 704 g/mol. The van der Waals surface area contributed by atoms with Crippen LogP contribution in [0.2, 0.25) is 0 Å². The van der Waals surface area contributed by atoms with Crippen molar-refractivity contribution < 1.29 is 23.5 Å². The van der Waals surface area contributed by atoms with Crippen molar-refractivity contribution in [1.29, 1.82) is 5.26 Å². The Bertz CT molecular complexity index is 1930. The van der Waals surface area contributed by atoms with Gasteiger partial charge in [-0.05, 0) is 58.9 Å². The number of rotatable bonds is 13. The summed E-state index contributed by atoms with van der Waals surface area (Å²) in [5.41, 5.74) is -0.185. The molecule has 0 spiro atoms. The van der Waals surface area contributed by atoms with Crippen molar-refractivity contribution in [2.45, 2.75) is 65.5 Å².